The van der Waals surface area contributed by atoms with E-state index in [1.165, 1.54) is 0 Å². The third kappa shape index (κ3) is 8.06. The highest BCUT2D eigenvalue weighted by atomic mass is 127. The molecule has 7 nitrogen and oxygen atoms in total. The average Bonchev–Trinajstić information content (AvgIpc) is 3.24. The second-order valence-corrected chi connectivity index (χ2v) is 6.77. The van der Waals surface area contributed by atoms with Gasteiger partial charge in [0.1, 0.15) is 11.4 Å². The number of ether oxygens (including phenoxy) is 2. The van der Waals surface area contributed by atoms with Crippen molar-refractivity contribution in [1.82, 2.24) is 10.6 Å². The first-order chi connectivity index (χ1) is 14.0. The van der Waals surface area contributed by atoms with Crippen LogP contribution in [0.15, 0.2) is 46.0 Å². The quantitative estimate of drug-likeness (QED) is 0.233. The van der Waals surface area contributed by atoms with E-state index in [2.05, 4.69) is 15.6 Å². The summed E-state index contributed by atoms with van der Waals surface area (Å²) in [5, 5.41) is 17.1. The van der Waals surface area contributed by atoms with Crippen molar-refractivity contribution < 1.29 is 19.0 Å². The number of rotatable bonds is 11. The normalized spacial score (nSPS) is 13.2. The van der Waals surface area contributed by atoms with Crippen LogP contribution < -0.4 is 20.1 Å². The van der Waals surface area contributed by atoms with Gasteiger partial charge in [-0.25, -0.2) is 4.99 Å². The van der Waals surface area contributed by atoms with E-state index >= 15 is 0 Å². The van der Waals surface area contributed by atoms with Crippen LogP contribution in [-0.2, 0) is 12.0 Å². The zero-order valence-electron chi connectivity index (χ0n) is 18.2. The van der Waals surface area contributed by atoms with E-state index in [1.54, 1.807) is 25.3 Å². The molecule has 1 aromatic carbocycles. The Hall–Kier alpha value is -1.94. The van der Waals surface area contributed by atoms with Crippen molar-refractivity contribution in [2.75, 3.05) is 32.8 Å². The fourth-order valence-corrected chi connectivity index (χ4v) is 2.81. The number of nitrogens with one attached hydrogen (secondary N) is 2. The van der Waals surface area contributed by atoms with Crippen molar-refractivity contribution in [3.63, 3.8) is 0 Å². The lowest BCUT2D eigenvalue weighted by Gasteiger charge is -2.19. The molecule has 0 spiro atoms. The molecule has 2 aromatic rings. The maximum atomic E-state index is 10.6. The molecule has 0 aliphatic heterocycles. The third-order valence-electron chi connectivity index (χ3n) is 4.26. The van der Waals surface area contributed by atoms with Gasteiger partial charge in [-0.15, -0.1) is 24.0 Å². The second-order valence-electron chi connectivity index (χ2n) is 6.77. The molecule has 0 aliphatic carbocycles. The molecule has 1 unspecified atom stereocenters. The topological polar surface area (TPSA) is 88.3 Å². The first kappa shape index (κ1) is 26.1. The Morgan fingerprint density at radius 2 is 1.83 bits per heavy atom. The molecule has 1 atom stereocenters. The van der Waals surface area contributed by atoms with Crippen LogP contribution in [0.3, 0.4) is 0 Å². The molecule has 0 bridgehead atoms. The first-order valence-electron chi connectivity index (χ1n) is 10.2. The summed E-state index contributed by atoms with van der Waals surface area (Å²) in [6.45, 7) is 10.4. The van der Waals surface area contributed by atoms with Gasteiger partial charge in [0.05, 0.1) is 26.0 Å². The molecule has 0 aliphatic rings. The minimum atomic E-state index is -1.16. The van der Waals surface area contributed by atoms with Gasteiger partial charge in [0, 0.05) is 13.1 Å². The van der Waals surface area contributed by atoms with Crippen LogP contribution in [0.25, 0.3) is 0 Å². The number of halogens is 1. The minimum absolute atomic E-state index is 0. The van der Waals surface area contributed by atoms with E-state index in [0.29, 0.717) is 31.5 Å². The van der Waals surface area contributed by atoms with Crippen LogP contribution in [0.4, 0.5) is 0 Å². The minimum Gasteiger partial charge on any atom is -0.490 e. The summed E-state index contributed by atoms with van der Waals surface area (Å²) in [5.74, 6) is 2.67. The highest BCUT2D eigenvalue weighted by Crippen LogP contribution is 2.28. The number of aliphatic hydroxyl groups is 1. The highest BCUT2D eigenvalue weighted by molar-refractivity contribution is 14.0. The Morgan fingerprint density at radius 1 is 1.10 bits per heavy atom. The maximum absolute atomic E-state index is 10.6. The number of hydrogen-bond acceptors (Lipinski definition) is 5. The standard InChI is InChI=1S/C22H33N3O4.HI/c1-5-23-21(25-16-22(4,26)20-9-8-14-29-20)24-13-12-17-10-11-18(27-6-2)19(15-17)28-7-3;/h8-11,14-15,26H,5-7,12-13,16H2,1-4H3,(H2,23,24,25);1H. The van der Waals surface area contributed by atoms with Crippen LogP contribution in [0.1, 0.15) is 39.0 Å². The summed E-state index contributed by atoms with van der Waals surface area (Å²) >= 11 is 0. The molecule has 1 heterocycles. The number of guanidine groups is 1. The van der Waals surface area contributed by atoms with Gasteiger partial charge in [0.2, 0.25) is 0 Å². The summed E-state index contributed by atoms with van der Waals surface area (Å²) in [5.41, 5.74) is -0.0179. The predicted octanol–water partition coefficient (Wildman–Crippen LogP) is 3.70. The van der Waals surface area contributed by atoms with Gasteiger partial charge in [-0.3, -0.25) is 0 Å². The predicted molar refractivity (Wildman–Crippen MR) is 130 cm³/mol. The molecule has 8 heteroatoms. The van der Waals surface area contributed by atoms with Gasteiger partial charge in [0.25, 0.3) is 0 Å². The van der Waals surface area contributed by atoms with Gasteiger partial charge in [0.15, 0.2) is 17.5 Å². The van der Waals surface area contributed by atoms with Crippen molar-refractivity contribution in [2.24, 2.45) is 4.99 Å². The summed E-state index contributed by atoms with van der Waals surface area (Å²) in [4.78, 5) is 4.50. The Kier molecular flexibility index (Phi) is 11.6. The van der Waals surface area contributed by atoms with Crippen LogP contribution in [0, 0.1) is 0 Å². The van der Waals surface area contributed by atoms with Crippen LogP contribution in [-0.4, -0.2) is 43.9 Å². The summed E-state index contributed by atoms with van der Waals surface area (Å²) in [6.07, 6.45) is 2.34. The average molecular weight is 531 g/mol. The van der Waals surface area contributed by atoms with Gasteiger partial charge in [-0.2, -0.15) is 0 Å². The zero-order chi connectivity index (χ0) is 21.1. The zero-order valence-corrected chi connectivity index (χ0v) is 20.6. The Morgan fingerprint density at radius 3 is 2.47 bits per heavy atom. The van der Waals surface area contributed by atoms with Crippen molar-refractivity contribution in [3.05, 3.63) is 47.9 Å². The molecule has 0 radical (unpaired) electrons. The van der Waals surface area contributed by atoms with Crippen LogP contribution in [0.5, 0.6) is 11.5 Å². The highest BCUT2D eigenvalue weighted by Gasteiger charge is 2.26. The van der Waals surface area contributed by atoms with E-state index < -0.39 is 5.60 Å². The molecule has 2 rings (SSSR count). The maximum Gasteiger partial charge on any atom is 0.191 e. The van der Waals surface area contributed by atoms with E-state index in [1.807, 2.05) is 39.0 Å². The van der Waals surface area contributed by atoms with Crippen LogP contribution >= 0.6 is 24.0 Å². The van der Waals surface area contributed by atoms with E-state index in [0.717, 1.165) is 30.0 Å². The summed E-state index contributed by atoms with van der Waals surface area (Å²) in [7, 11) is 0. The smallest absolute Gasteiger partial charge is 0.191 e. The summed E-state index contributed by atoms with van der Waals surface area (Å²) < 4.78 is 16.6. The van der Waals surface area contributed by atoms with Crippen molar-refractivity contribution in [2.45, 2.75) is 39.7 Å². The molecule has 30 heavy (non-hydrogen) atoms. The molecular formula is C22H34IN3O4. The molecule has 3 N–H and O–H groups in total. The first-order valence-corrected chi connectivity index (χ1v) is 10.2. The van der Waals surface area contributed by atoms with Crippen LogP contribution in [0.2, 0.25) is 0 Å². The molecule has 0 saturated carbocycles. The molecule has 0 fully saturated rings. The Bertz CT molecular complexity index is 764. The molecule has 0 amide bonds. The van der Waals surface area contributed by atoms with Gasteiger partial charge < -0.3 is 29.6 Å². The lowest BCUT2D eigenvalue weighted by Crippen LogP contribution is -2.39. The van der Waals surface area contributed by atoms with Crippen molar-refractivity contribution >= 4 is 29.9 Å². The van der Waals surface area contributed by atoms with E-state index in [-0.39, 0.29) is 30.5 Å². The number of aliphatic imine (C=N–C) groups is 1. The lowest BCUT2D eigenvalue weighted by molar-refractivity contribution is 0.0437. The van der Waals surface area contributed by atoms with Gasteiger partial charge in [-0.05, 0) is 63.9 Å². The third-order valence-corrected chi connectivity index (χ3v) is 4.26. The monoisotopic (exact) mass is 531 g/mol. The molecule has 1 aromatic heterocycles. The fraction of sp³-hybridized carbons (Fsp3) is 0.500. The summed E-state index contributed by atoms with van der Waals surface area (Å²) in [6, 6.07) is 9.51. The largest absolute Gasteiger partial charge is 0.490 e. The molecular weight excluding hydrogens is 497 g/mol. The van der Waals surface area contributed by atoms with E-state index in [4.69, 9.17) is 13.9 Å². The lowest BCUT2D eigenvalue weighted by atomic mass is 10.0. The number of hydrogen-bond donors (Lipinski definition) is 3. The van der Waals surface area contributed by atoms with Crippen molar-refractivity contribution in [3.8, 4) is 11.5 Å². The number of furan rings is 1. The number of nitrogens with zero attached hydrogens (tertiary/aromatic N) is 1. The van der Waals surface area contributed by atoms with Crippen molar-refractivity contribution in [1.29, 1.82) is 0 Å². The Labute approximate surface area is 196 Å². The van der Waals surface area contributed by atoms with E-state index in [9.17, 15) is 5.11 Å². The number of benzene rings is 1. The second kappa shape index (κ2) is 13.4. The Balaban J connectivity index is 0.00000450. The SMILES string of the molecule is CCNC(=NCC(C)(O)c1ccco1)NCCc1ccc(OCC)c(OCC)c1.I. The van der Waals surface area contributed by atoms with Gasteiger partial charge >= 0.3 is 0 Å². The molecule has 0 saturated heterocycles. The fourth-order valence-electron chi connectivity index (χ4n) is 2.81. The van der Waals surface area contributed by atoms with Gasteiger partial charge in [-0.1, -0.05) is 6.07 Å². The molecule has 168 valence electrons.